The second-order valence-electron chi connectivity index (χ2n) is 9.13. The standard InChI is InChI=1S/C27H24FN5O2/c1-29-26(34)19-9-6-16(12-20(19)28)17-7-10-22-21(13-17)30-25(15-4-5-15)33(22)18-8-11-23-24(14-18)32(3)27(35)31(23)2/h6-15H,4-5H2,1-3H3,(H,29,34). The molecule has 1 N–H and O–H groups in total. The minimum atomic E-state index is -0.562. The lowest BCUT2D eigenvalue weighted by Crippen LogP contribution is -2.19. The highest BCUT2D eigenvalue weighted by molar-refractivity contribution is 5.95. The number of rotatable bonds is 4. The summed E-state index contributed by atoms with van der Waals surface area (Å²) < 4.78 is 20.0. The lowest BCUT2D eigenvalue weighted by Gasteiger charge is -2.10. The lowest BCUT2D eigenvalue weighted by molar-refractivity contribution is 0.0959. The maximum atomic E-state index is 14.6. The monoisotopic (exact) mass is 469 g/mol. The van der Waals surface area contributed by atoms with E-state index in [2.05, 4.69) is 9.88 Å². The quantitative estimate of drug-likeness (QED) is 0.428. The van der Waals surface area contributed by atoms with Crippen LogP contribution >= 0.6 is 0 Å². The zero-order chi connectivity index (χ0) is 24.4. The van der Waals surface area contributed by atoms with Gasteiger partial charge in [-0.15, -0.1) is 0 Å². The molecule has 1 amide bonds. The number of carbonyl (C=O) groups is 1. The van der Waals surface area contributed by atoms with E-state index >= 15 is 0 Å². The van der Waals surface area contributed by atoms with Gasteiger partial charge >= 0.3 is 5.69 Å². The van der Waals surface area contributed by atoms with Crippen LogP contribution in [0.1, 0.15) is 34.9 Å². The largest absolute Gasteiger partial charge is 0.355 e. The summed E-state index contributed by atoms with van der Waals surface area (Å²) in [6.45, 7) is 0. The number of fused-ring (bicyclic) bond motifs is 2. The topological polar surface area (TPSA) is 73.8 Å². The molecule has 0 radical (unpaired) electrons. The number of hydrogen-bond donors (Lipinski definition) is 1. The van der Waals surface area contributed by atoms with Gasteiger partial charge in [-0.2, -0.15) is 0 Å². The summed E-state index contributed by atoms with van der Waals surface area (Å²) in [6.07, 6.45) is 2.18. The third kappa shape index (κ3) is 3.28. The maximum absolute atomic E-state index is 14.6. The molecule has 1 aliphatic carbocycles. The molecule has 176 valence electrons. The minimum Gasteiger partial charge on any atom is -0.355 e. The predicted octanol–water partition coefficient (Wildman–Crippen LogP) is 4.26. The van der Waals surface area contributed by atoms with Gasteiger partial charge in [0.25, 0.3) is 5.91 Å². The fraction of sp³-hybridized carbons (Fsp3) is 0.222. The third-order valence-electron chi connectivity index (χ3n) is 6.91. The normalized spacial score (nSPS) is 13.6. The number of imidazole rings is 2. The van der Waals surface area contributed by atoms with Crippen molar-refractivity contribution in [2.45, 2.75) is 18.8 Å². The van der Waals surface area contributed by atoms with Gasteiger partial charge < -0.3 is 5.32 Å². The molecule has 0 spiro atoms. The number of aromatic nitrogens is 4. The Labute approximate surface area is 200 Å². The molecule has 1 aliphatic rings. The predicted molar refractivity (Wildman–Crippen MR) is 134 cm³/mol. The van der Waals surface area contributed by atoms with E-state index in [1.165, 1.54) is 19.2 Å². The Morgan fingerprint density at radius 2 is 1.63 bits per heavy atom. The summed E-state index contributed by atoms with van der Waals surface area (Å²) in [5.74, 6) is 0.377. The zero-order valence-corrected chi connectivity index (χ0v) is 19.7. The second kappa shape index (κ2) is 7.66. The van der Waals surface area contributed by atoms with Crippen LogP contribution in [0.4, 0.5) is 4.39 Å². The first-order valence-electron chi connectivity index (χ1n) is 11.6. The fourth-order valence-corrected chi connectivity index (χ4v) is 4.81. The Bertz CT molecular complexity index is 1720. The summed E-state index contributed by atoms with van der Waals surface area (Å²) in [4.78, 5) is 29.2. The molecule has 0 unspecified atom stereocenters. The number of carbonyl (C=O) groups excluding carboxylic acids is 1. The highest BCUT2D eigenvalue weighted by Crippen LogP contribution is 2.42. The van der Waals surface area contributed by atoms with Crippen molar-refractivity contribution in [2.24, 2.45) is 14.1 Å². The smallest absolute Gasteiger partial charge is 0.328 e. The van der Waals surface area contributed by atoms with Gasteiger partial charge in [0.2, 0.25) is 0 Å². The van der Waals surface area contributed by atoms with E-state index in [4.69, 9.17) is 4.98 Å². The van der Waals surface area contributed by atoms with E-state index in [1.54, 1.807) is 29.3 Å². The second-order valence-corrected chi connectivity index (χ2v) is 9.13. The van der Waals surface area contributed by atoms with Gasteiger partial charge in [-0.1, -0.05) is 12.1 Å². The van der Waals surface area contributed by atoms with Crippen molar-refractivity contribution in [1.82, 2.24) is 24.0 Å². The zero-order valence-electron chi connectivity index (χ0n) is 19.7. The van der Waals surface area contributed by atoms with E-state index in [0.717, 1.165) is 52.0 Å². The van der Waals surface area contributed by atoms with Gasteiger partial charge in [0.05, 0.1) is 27.6 Å². The van der Waals surface area contributed by atoms with E-state index in [-0.39, 0.29) is 11.3 Å². The number of nitrogens with zero attached hydrogens (tertiary/aromatic N) is 4. The first-order chi connectivity index (χ1) is 16.9. The van der Waals surface area contributed by atoms with Crippen LogP contribution in [-0.2, 0) is 14.1 Å². The molecule has 0 aliphatic heterocycles. The molecule has 1 saturated carbocycles. The molecular weight excluding hydrogens is 445 g/mol. The van der Waals surface area contributed by atoms with Crippen LogP contribution in [0.25, 0.3) is 38.9 Å². The average Bonchev–Trinajstić information content (AvgIpc) is 3.62. The number of amides is 1. The molecule has 35 heavy (non-hydrogen) atoms. The van der Waals surface area contributed by atoms with Gasteiger partial charge in [0.1, 0.15) is 11.6 Å². The van der Waals surface area contributed by atoms with E-state index < -0.39 is 11.7 Å². The molecule has 0 saturated heterocycles. The lowest BCUT2D eigenvalue weighted by atomic mass is 10.0. The van der Waals surface area contributed by atoms with Crippen LogP contribution in [0.5, 0.6) is 0 Å². The van der Waals surface area contributed by atoms with Crippen molar-refractivity contribution < 1.29 is 9.18 Å². The van der Waals surface area contributed by atoms with E-state index in [0.29, 0.717) is 11.5 Å². The van der Waals surface area contributed by atoms with Crippen LogP contribution in [0.3, 0.4) is 0 Å². The van der Waals surface area contributed by atoms with Crippen LogP contribution in [0.2, 0.25) is 0 Å². The Hall–Kier alpha value is -4.20. The molecule has 6 rings (SSSR count). The van der Waals surface area contributed by atoms with Crippen molar-refractivity contribution in [2.75, 3.05) is 7.05 Å². The highest BCUT2D eigenvalue weighted by Gasteiger charge is 2.30. The van der Waals surface area contributed by atoms with Gasteiger partial charge in [-0.05, 0) is 66.4 Å². The maximum Gasteiger partial charge on any atom is 0.328 e. The highest BCUT2D eigenvalue weighted by atomic mass is 19.1. The third-order valence-corrected chi connectivity index (χ3v) is 6.91. The Morgan fingerprint density at radius 3 is 2.34 bits per heavy atom. The van der Waals surface area contributed by atoms with E-state index in [1.807, 2.05) is 36.4 Å². The molecule has 1 fully saturated rings. The molecular formula is C27H24FN5O2. The summed E-state index contributed by atoms with van der Waals surface area (Å²) in [5.41, 5.74) is 5.94. The van der Waals surface area contributed by atoms with Crippen molar-refractivity contribution >= 4 is 28.0 Å². The van der Waals surface area contributed by atoms with Gasteiger partial charge in [0.15, 0.2) is 0 Å². The molecule has 7 nitrogen and oxygen atoms in total. The first-order valence-corrected chi connectivity index (χ1v) is 11.6. The van der Waals surface area contributed by atoms with Crippen molar-refractivity contribution in [1.29, 1.82) is 0 Å². The fourth-order valence-electron chi connectivity index (χ4n) is 4.81. The Kier molecular flexibility index (Phi) is 4.67. The molecule has 0 atom stereocenters. The van der Waals surface area contributed by atoms with Crippen molar-refractivity contribution in [3.8, 4) is 16.8 Å². The molecule has 2 aromatic heterocycles. The molecule has 0 bridgehead atoms. The Morgan fingerprint density at radius 1 is 0.943 bits per heavy atom. The van der Waals surface area contributed by atoms with Crippen LogP contribution in [0, 0.1) is 5.82 Å². The Balaban J connectivity index is 1.50. The summed E-state index contributed by atoms with van der Waals surface area (Å²) >= 11 is 0. The molecule has 2 heterocycles. The van der Waals surface area contributed by atoms with Crippen LogP contribution in [0.15, 0.2) is 59.4 Å². The SMILES string of the molecule is CNC(=O)c1ccc(-c2ccc3c(c2)nc(C2CC2)n3-c2ccc3c(c2)n(C)c(=O)n3C)cc1F. The van der Waals surface area contributed by atoms with Gasteiger partial charge in [0, 0.05) is 32.7 Å². The number of benzene rings is 3. The number of nitrogens with one attached hydrogen (secondary N) is 1. The number of hydrogen-bond acceptors (Lipinski definition) is 3. The molecule has 8 heteroatoms. The number of halogens is 1. The molecule has 5 aromatic rings. The van der Waals surface area contributed by atoms with Crippen molar-refractivity contribution in [3.05, 3.63) is 82.3 Å². The number of aryl methyl sites for hydroxylation is 2. The van der Waals surface area contributed by atoms with Crippen LogP contribution in [-0.4, -0.2) is 31.6 Å². The van der Waals surface area contributed by atoms with Gasteiger partial charge in [-0.25, -0.2) is 14.2 Å². The molecule has 3 aromatic carbocycles. The minimum absolute atomic E-state index is 0.0170. The summed E-state index contributed by atoms with van der Waals surface area (Å²) in [5, 5.41) is 2.45. The van der Waals surface area contributed by atoms with Gasteiger partial charge in [-0.3, -0.25) is 18.5 Å². The van der Waals surface area contributed by atoms with Crippen molar-refractivity contribution in [3.63, 3.8) is 0 Å². The summed E-state index contributed by atoms with van der Waals surface area (Å²) in [6, 6.07) is 16.6. The first kappa shape index (κ1) is 21.3. The summed E-state index contributed by atoms with van der Waals surface area (Å²) in [7, 11) is 5.04. The average molecular weight is 470 g/mol. The van der Waals surface area contributed by atoms with Crippen LogP contribution < -0.4 is 11.0 Å². The van der Waals surface area contributed by atoms with E-state index in [9.17, 15) is 14.0 Å².